The summed E-state index contributed by atoms with van der Waals surface area (Å²) in [6.07, 6.45) is 1.59. The van der Waals surface area contributed by atoms with Crippen LogP contribution in [0.5, 0.6) is 0 Å². The summed E-state index contributed by atoms with van der Waals surface area (Å²) in [4.78, 5) is 10.6. The van der Waals surface area contributed by atoms with Gasteiger partial charge in [0.25, 0.3) is 11.3 Å². The first-order valence-electron chi connectivity index (χ1n) is 8.72. The van der Waals surface area contributed by atoms with Gasteiger partial charge in [0.1, 0.15) is 6.79 Å². The number of halogens is 3. The Morgan fingerprint density at radius 2 is 1.90 bits per heavy atom. The zero-order valence-electron chi connectivity index (χ0n) is 15.8. The molecule has 2 aromatic carbocycles. The number of hydrogen-bond acceptors (Lipinski definition) is 4. The molecule has 3 aromatic rings. The highest BCUT2D eigenvalue weighted by Crippen LogP contribution is 2.45. The molecule has 0 saturated carbocycles. The van der Waals surface area contributed by atoms with Gasteiger partial charge in [-0.2, -0.15) is 13.2 Å². The van der Waals surface area contributed by atoms with Crippen molar-refractivity contribution >= 4 is 16.6 Å². The van der Waals surface area contributed by atoms with E-state index in [1.54, 1.807) is 36.3 Å². The monoisotopic (exact) mass is 418 g/mol. The molecular weight excluding hydrogens is 401 g/mol. The SMILES string of the molecule is C#CC(OCOC)(c1cn(Cc2ccccc2)c2cc([N+](=O)[O-])ccc12)C(F)(F)F. The van der Waals surface area contributed by atoms with Crippen LogP contribution in [-0.2, 0) is 21.6 Å². The minimum Gasteiger partial charge on any atom is -0.359 e. The Labute approximate surface area is 170 Å². The molecule has 0 radical (unpaired) electrons. The lowest BCUT2D eigenvalue weighted by Crippen LogP contribution is -2.44. The maximum atomic E-state index is 14.1. The lowest BCUT2D eigenvalue weighted by Gasteiger charge is -2.30. The van der Waals surface area contributed by atoms with Crippen molar-refractivity contribution in [3.05, 3.63) is 76.0 Å². The van der Waals surface area contributed by atoms with Crippen LogP contribution in [0.3, 0.4) is 0 Å². The predicted octanol–water partition coefficient (Wildman–Crippen LogP) is 4.61. The number of benzene rings is 2. The number of methoxy groups -OCH3 is 1. The van der Waals surface area contributed by atoms with E-state index in [2.05, 4.69) is 4.74 Å². The third kappa shape index (κ3) is 3.75. The van der Waals surface area contributed by atoms with E-state index in [0.29, 0.717) is 0 Å². The molecule has 0 fully saturated rings. The molecule has 156 valence electrons. The van der Waals surface area contributed by atoms with Crippen LogP contribution in [0.25, 0.3) is 10.9 Å². The molecule has 0 amide bonds. The van der Waals surface area contributed by atoms with Gasteiger partial charge in [-0.15, -0.1) is 6.42 Å². The molecule has 0 saturated heterocycles. The minimum absolute atomic E-state index is 0.0999. The summed E-state index contributed by atoms with van der Waals surface area (Å²) in [6, 6.07) is 12.6. The van der Waals surface area contributed by atoms with Gasteiger partial charge in [-0.3, -0.25) is 10.1 Å². The Kier molecular flexibility index (Phi) is 5.82. The lowest BCUT2D eigenvalue weighted by atomic mass is 9.93. The zero-order chi connectivity index (χ0) is 21.9. The summed E-state index contributed by atoms with van der Waals surface area (Å²) in [5.74, 6) is 1.74. The number of rotatable bonds is 7. The highest BCUT2D eigenvalue weighted by Gasteiger charge is 2.58. The quantitative estimate of drug-likeness (QED) is 0.243. The molecule has 0 aliphatic carbocycles. The van der Waals surface area contributed by atoms with Crippen molar-refractivity contribution in [2.24, 2.45) is 0 Å². The van der Waals surface area contributed by atoms with Crippen molar-refractivity contribution in [3.8, 4) is 12.3 Å². The number of nitrogens with zero attached hydrogens (tertiary/aromatic N) is 2. The molecular formula is C21H17F3N2O4. The topological polar surface area (TPSA) is 66.5 Å². The molecule has 0 spiro atoms. The van der Waals surface area contributed by atoms with E-state index in [1.807, 2.05) is 0 Å². The van der Waals surface area contributed by atoms with Crippen molar-refractivity contribution in [3.63, 3.8) is 0 Å². The molecule has 6 nitrogen and oxygen atoms in total. The maximum absolute atomic E-state index is 14.1. The number of nitro groups is 1. The molecule has 1 aromatic heterocycles. The van der Waals surface area contributed by atoms with Gasteiger partial charge in [-0.05, 0) is 11.6 Å². The van der Waals surface area contributed by atoms with Gasteiger partial charge in [-0.25, -0.2) is 0 Å². The van der Waals surface area contributed by atoms with Crippen LogP contribution in [0, 0.1) is 22.5 Å². The Balaban J connectivity index is 2.28. The average Bonchev–Trinajstić information content (AvgIpc) is 3.07. The highest BCUT2D eigenvalue weighted by molar-refractivity contribution is 5.87. The molecule has 0 aliphatic rings. The van der Waals surface area contributed by atoms with E-state index in [4.69, 9.17) is 11.2 Å². The fourth-order valence-corrected chi connectivity index (χ4v) is 3.25. The molecule has 1 unspecified atom stereocenters. The van der Waals surface area contributed by atoms with Crippen LogP contribution < -0.4 is 0 Å². The number of nitro benzene ring substituents is 1. The smallest absolute Gasteiger partial charge is 0.359 e. The van der Waals surface area contributed by atoms with E-state index in [1.165, 1.54) is 30.0 Å². The second-order valence-electron chi connectivity index (χ2n) is 6.49. The summed E-state index contributed by atoms with van der Waals surface area (Å²) in [5.41, 5.74) is -2.65. The van der Waals surface area contributed by atoms with Crippen LogP contribution in [0.15, 0.2) is 54.7 Å². The summed E-state index contributed by atoms with van der Waals surface area (Å²) < 4.78 is 53.5. The van der Waals surface area contributed by atoms with Crippen molar-refractivity contribution in [1.29, 1.82) is 0 Å². The normalized spacial score (nSPS) is 13.7. The third-order valence-corrected chi connectivity index (χ3v) is 4.65. The second-order valence-corrected chi connectivity index (χ2v) is 6.49. The number of aromatic nitrogens is 1. The van der Waals surface area contributed by atoms with Gasteiger partial charge >= 0.3 is 6.18 Å². The first-order chi connectivity index (χ1) is 14.2. The number of ether oxygens (including phenoxy) is 2. The lowest BCUT2D eigenvalue weighted by molar-refractivity contribution is -0.384. The molecule has 3 rings (SSSR count). The minimum atomic E-state index is -4.96. The second kappa shape index (κ2) is 8.18. The van der Waals surface area contributed by atoms with E-state index < -0.39 is 23.5 Å². The summed E-state index contributed by atoms with van der Waals surface area (Å²) in [6.45, 7) is -0.511. The van der Waals surface area contributed by atoms with Crippen molar-refractivity contribution in [1.82, 2.24) is 4.57 Å². The van der Waals surface area contributed by atoms with Crippen molar-refractivity contribution in [2.75, 3.05) is 13.9 Å². The van der Waals surface area contributed by atoms with Gasteiger partial charge < -0.3 is 14.0 Å². The van der Waals surface area contributed by atoms with E-state index in [9.17, 15) is 23.3 Å². The third-order valence-electron chi connectivity index (χ3n) is 4.65. The highest BCUT2D eigenvalue weighted by atomic mass is 19.4. The molecule has 1 atom stereocenters. The Morgan fingerprint density at radius 3 is 2.47 bits per heavy atom. The van der Waals surface area contributed by atoms with Crippen LogP contribution >= 0.6 is 0 Å². The first kappa shape index (κ1) is 21.4. The first-order valence-corrected chi connectivity index (χ1v) is 8.72. The molecule has 0 bridgehead atoms. The number of terminal acetylenes is 1. The number of non-ortho nitro benzene ring substituents is 1. The van der Waals surface area contributed by atoms with Crippen LogP contribution in [0.1, 0.15) is 11.1 Å². The molecule has 0 N–H and O–H groups in total. The Hall–Kier alpha value is -3.35. The van der Waals surface area contributed by atoms with E-state index in [-0.39, 0.29) is 28.7 Å². The number of fused-ring (bicyclic) bond motifs is 1. The van der Waals surface area contributed by atoms with Gasteiger partial charge in [0.2, 0.25) is 0 Å². The van der Waals surface area contributed by atoms with Gasteiger partial charge in [-0.1, -0.05) is 36.3 Å². The van der Waals surface area contributed by atoms with Gasteiger partial charge in [0.15, 0.2) is 0 Å². The summed E-state index contributed by atoms with van der Waals surface area (Å²) in [5, 5.41) is 11.3. The van der Waals surface area contributed by atoms with E-state index in [0.717, 1.165) is 11.6 Å². The summed E-state index contributed by atoms with van der Waals surface area (Å²) >= 11 is 0. The fraction of sp³-hybridized carbons (Fsp3) is 0.238. The summed E-state index contributed by atoms with van der Waals surface area (Å²) in [7, 11) is 1.18. The average molecular weight is 418 g/mol. The standard InChI is InChI=1S/C21H17F3N2O4/c1-3-20(21(22,23)24,30-14-29-2)18-13-25(12-15-7-5-4-6-8-15)19-11-16(26(27)28)9-10-17(18)19/h1,4-11,13H,12,14H2,2H3. The van der Waals surface area contributed by atoms with Crippen molar-refractivity contribution < 1.29 is 27.6 Å². The number of hydrogen-bond donors (Lipinski definition) is 0. The van der Waals surface area contributed by atoms with Gasteiger partial charge in [0.05, 0.1) is 10.4 Å². The van der Waals surface area contributed by atoms with Crippen LogP contribution in [0.4, 0.5) is 18.9 Å². The predicted molar refractivity (Wildman–Crippen MR) is 104 cm³/mol. The van der Waals surface area contributed by atoms with Crippen LogP contribution in [0.2, 0.25) is 0 Å². The Morgan fingerprint density at radius 1 is 1.20 bits per heavy atom. The molecule has 1 heterocycles. The number of alkyl halides is 3. The zero-order valence-corrected chi connectivity index (χ0v) is 15.8. The van der Waals surface area contributed by atoms with Crippen LogP contribution in [-0.4, -0.2) is 29.6 Å². The van der Waals surface area contributed by atoms with Crippen molar-refractivity contribution in [2.45, 2.75) is 18.3 Å². The molecule has 0 aliphatic heterocycles. The maximum Gasteiger partial charge on any atom is 0.433 e. The fourth-order valence-electron chi connectivity index (χ4n) is 3.25. The largest absolute Gasteiger partial charge is 0.433 e. The van der Waals surface area contributed by atoms with Gasteiger partial charge in [0, 0.05) is 42.9 Å². The Bertz CT molecular complexity index is 1100. The van der Waals surface area contributed by atoms with E-state index >= 15 is 0 Å². The molecule has 30 heavy (non-hydrogen) atoms. The molecule has 9 heteroatoms.